The molecule has 30 heavy (non-hydrogen) atoms. The third-order valence-electron chi connectivity index (χ3n) is 4.96. The Bertz CT molecular complexity index is 1260. The first-order valence-corrected chi connectivity index (χ1v) is 9.91. The van der Waals surface area contributed by atoms with Crippen LogP contribution >= 0.6 is 0 Å². The minimum Gasteiger partial charge on any atom is -0.351 e. The molecule has 0 fully saturated rings. The van der Waals surface area contributed by atoms with Crippen LogP contribution in [0.5, 0.6) is 0 Å². The van der Waals surface area contributed by atoms with Gasteiger partial charge >= 0.3 is 0 Å². The van der Waals surface area contributed by atoms with E-state index >= 15 is 0 Å². The van der Waals surface area contributed by atoms with Gasteiger partial charge < -0.3 is 5.32 Å². The van der Waals surface area contributed by atoms with Crippen molar-refractivity contribution in [3.63, 3.8) is 0 Å². The van der Waals surface area contributed by atoms with Crippen LogP contribution in [0.3, 0.4) is 0 Å². The lowest BCUT2D eigenvalue weighted by molar-refractivity contribution is 0.0948. The molecule has 4 rings (SSSR count). The van der Waals surface area contributed by atoms with Crippen LogP contribution in [0.4, 0.5) is 0 Å². The average Bonchev–Trinajstić information content (AvgIpc) is 3.09. The Morgan fingerprint density at radius 3 is 2.37 bits per heavy atom. The van der Waals surface area contributed by atoms with Crippen molar-refractivity contribution in [2.24, 2.45) is 0 Å². The molecular formula is C23H23N5O2. The zero-order valence-electron chi connectivity index (χ0n) is 17.0. The summed E-state index contributed by atoms with van der Waals surface area (Å²) >= 11 is 0. The maximum Gasteiger partial charge on any atom is 0.279 e. The number of nitrogens with zero attached hydrogens (tertiary/aromatic N) is 4. The number of amides is 1. The minimum absolute atomic E-state index is 0.236. The van der Waals surface area contributed by atoms with E-state index in [0.29, 0.717) is 23.0 Å². The first-order valence-electron chi connectivity index (χ1n) is 9.91. The Labute approximate surface area is 174 Å². The molecule has 0 aliphatic rings. The SMILES string of the molecule is Cc1cc(C)n(CCCNC(=O)c2nn(-c3ccccc3)c(=O)c3ccccc23)n1. The van der Waals surface area contributed by atoms with E-state index in [0.717, 1.165) is 24.4 Å². The number of rotatable bonds is 6. The van der Waals surface area contributed by atoms with Crippen LogP contribution in [0.1, 0.15) is 28.3 Å². The van der Waals surface area contributed by atoms with E-state index in [1.54, 1.807) is 36.4 Å². The number of hydrogen-bond acceptors (Lipinski definition) is 4. The number of hydrogen-bond donors (Lipinski definition) is 1. The lowest BCUT2D eigenvalue weighted by Gasteiger charge is -2.11. The summed E-state index contributed by atoms with van der Waals surface area (Å²) in [5.41, 5.74) is 2.68. The van der Waals surface area contributed by atoms with Crippen molar-refractivity contribution in [3.8, 4) is 5.69 Å². The Hall–Kier alpha value is -3.74. The summed E-state index contributed by atoms with van der Waals surface area (Å²) < 4.78 is 3.22. The molecule has 2 heterocycles. The van der Waals surface area contributed by atoms with E-state index in [2.05, 4.69) is 15.5 Å². The molecule has 2 aromatic carbocycles. The number of carbonyl (C=O) groups is 1. The summed E-state index contributed by atoms with van der Waals surface area (Å²) in [6.45, 7) is 5.18. The van der Waals surface area contributed by atoms with Gasteiger partial charge in [0.15, 0.2) is 5.69 Å². The molecule has 0 unspecified atom stereocenters. The number of fused-ring (bicyclic) bond motifs is 1. The fraction of sp³-hybridized carbons (Fsp3) is 0.217. The monoisotopic (exact) mass is 401 g/mol. The maximum atomic E-state index is 12.9. The number of aryl methyl sites for hydroxylation is 3. The van der Waals surface area contributed by atoms with E-state index in [1.807, 2.05) is 42.8 Å². The Kier molecular flexibility index (Phi) is 5.43. The van der Waals surface area contributed by atoms with Gasteiger partial charge in [-0.3, -0.25) is 14.3 Å². The van der Waals surface area contributed by atoms with Gasteiger partial charge in [0, 0.05) is 24.2 Å². The van der Waals surface area contributed by atoms with Crippen LogP contribution < -0.4 is 10.9 Å². The van der Waals surface area contributed by atoms with Gasteiger partial charge in [0.2, 0.25) is 0 Å². The van der Waals surface area contributed by atoms with Crippen molar-refractivity contribution in [1.82, 2.24) is 24.9 Å². The summed E-state index contributed by atoms with van der Waals surface area (Å²) in [6.07, 6.45) is 0.740. The van der Waals surface area contributed by atoms with Crippen molar-refractivity contribution >= 4 is 16.7 Å². The molecule has 4 aromatic rings. The highest BCUT2D eigenvalue weighted by molar-refractivity contribution is 6.04. The smallest absolute Gasteiger partial charge is 0.279 e. The highest BCUT2D eigenvalue weighted by atomic mass is 16.2. The number of benzene rings is 2. The topological polar surface area (TPSA) is 81.8 Å². The van der Waals surface area contributed by atoms with Crippen LogP contribution in [0.15, 0.2) is 65.5 Å². The molecule has 0 aliphatic carbocycles. The molecule has 152 valence electrons. The Morgan fingerprint density at radius 2 is 1.67 bits per heavy atom. The summed E-state index contributed by atoms with van der Waals surface area (Å²) in [5, 5.41) is 12.8. The highest BCUT2D eigenvalue weighted by Crippen LogP contribution is 2.15. The normalized spacial score (nSPS) is 11.0. The lowest BCUT2D eigenvalue weighted by atomic mass is 10.1. The molecule has 7 heteroatoms. The molecule has 2 aromatic heterocycles. The number of aromatic nitrogens is 4. The van der Waals surface area contributed by atoms with E-state index in [-0.39, 0.29) is 17.2 Å². The van der Waals surface area contributed by atoms with Gasteiger partial charge in [0.1, 0.15) is 0 Å². The number of carbonyl (C=O) groups excluding carboxylic acids is 1. The highest BCUT2D eigenvalue weighted by Gasteiger charge is 2.17. The molecule has 0 atom stereocenters. The summed E-state index contributed by atoms with van der Waals surface area (Å²) in [7, 11) is 0. The van der Waals surface area contributed by atoms with Crippen molar-refractivity contribution < 1.29 is 4.79 Å². The molecule has 0 spiro atoms. The molecule has 1 amide bonds. The predicted octanol–water partition coefficient (Wildman–Crippen LogP) is 3.02. The van der Waals surface area contributed by atoms with Gasteiger partial charge in [-0.25, -0.2) is 0 Å². The van der Waals surface area contributed by atoms with Gasteiger partial charge in [-0.2, -0.15) is 14.9 Å². The minimum atomic E-state index is -0.302. The molecule has 7 nitrogen and oxygen atoms in total. The second-order valence-electron chi connectivity index (χ2n) is 7.21. The molecule has 0 bridgehead atoms. The van der Waals surface area contributed by atoms with E-state index in [1.165, 1.54) is 4.68 Å². The van der Waals surface area contributed by atoms with Crippen LogP contribution in [0.2, 0.25) is 0 Å². The van der Waals surface area contributed by atoms with Crippen LogP contribution in [-0.4, -0.2) is 32.0 Å². The number of para-hydroxylation sites is 1. The van der Waals surface area contributed by atoms with Gasteiger partial charge in [-0.15, -0.1) is 0 Å². The zero-order valence-corrected chi connectivity index (χ0v) is 17.0. The molecule has 0 saturated carbocycles. The van der Waals surface area contributed by atoms with E-state index in [9.17, 15) is 9.59 Å². The first-order chi connectivity index (χ1) is 14.5. The van der Waals surface area contributed by atoms with Crippen molar-refractivity contribution in [2.75, 3.05) is 6.54 Å². The average molecular weight is 401 g/mol. The summed E-state index contributed by atoms with van der Waals surface area (Å²) in [4.78, 5) is 25.8. The lowest BCUT2D eigenvalue weighted by Crippen LogP contribution is -2.31. The first kappa shape index (κ1) is 19.6. The van der Waals surface area contributed by atoms with Gasteiger partial charge in [-0.1, -0.05) is 36.4 Å². The summed E-state index contributed by atoms with van der Waals surface area (Å²) in [6, 6.07) is 18.2. The Morgan fingerprint density at radius 1 is 0.967 bits per heavy atom. The van der Waals surface area contributed by atoms with Crippen molar-refractivity contribution in [1.29, 1.82) is 0 Å². The quantitative estimate of drug-likeness (QED) is 0.504. The van der Waals surface area contributed by atoms with Crippen LogP contribution in [-0.2, 0) is 6.54 Å². The fourth-order valence-electron chi connectivity index (χ4n) is 3.52. The molecule has 1 N–H and O–H groups in total. The third-order valence-corrected chi connectivity index (χ3v) is 4.96. The van der Waals surface area contributed by atoms with Crippen LogP contribution in [0, 0.1) is 13.8 Å². The van der Waals surface area contributed by atoms with Crippen LogP contribution in [0.25, 0.3) is 16.5 Å². The van der Waals surface area contributed by atoms with Gasteiger partial charge in [0.25, 0.3) is 11.5 Å². The maximum absolute atomic E-state index is 12.9. The van der Waals surface area contributed by atoms with Gasteiger partial charge in [-0.05, 0) is 44.5 Å². The second-order valence-corrected chi connectivity index (χ2v) is 7.21. The van der Waals surface area contributed by atoms with E-state index < -0.39 is 0 Å². The second kappa shape index (κ2) is 8.32. The molecular weight excluding hydrogens is 378 g/mol. The molecule has 0 radical (unpaired) electrons. The predicted molar refractivity (Wildman–Crippen MR) is 116 cm³/mol. The molecule has 0 saturated heterocycles. The Balaban J connectivity index is 1.58. The molecule has 0 aliphatic heterocycles. The standard InChI is InChI=1S/C23H23N5O2/c1-16-15-17(2)27(25-16)14-8-13-24-22(29)21-19-11-6-7-12-20(19)23(30)28(26-21)18-9-4-3-5-10-18/h3-7,9-12,15H,8,13-14H2,1-2H3,(H,24,29). The van der Waals surface area contributed by atoms with E-state index in [4.69, 9.17) is 0 Å². The third kappa shape index (κ3) is 3.87. The summed E-state index contributed by atoms with van der Waals surface area (Å²) in [5.74, 6) is -0.302. The van der Waals surface area contributed by atoms with Gasteiger partial charge in [0.05, 0.1) is 16.8 Å². The number of nitrogens with one attached hydrogen (secondary N) is 1. The van der Waals surface area contributed by atoms with Crippen molar-refractivity contribution in [3.05, 3.63) is 88.1 Å². The van der Waals surface area contributed by atoms with Crippen molar-refractivity contribution in [2.45, 2.75) is 26.8 Å². The largest absolute Gasteiger partial charge is 0.351 e. The fourth-order valence-corrected chi connectivity index (χ4v) is 3.52. The zero-order chi connectivity index (χ0) is 21.1.